The van der Waals surface area contributed by atoms with E-state index in [0.29, 0.717) is 0 Å². The van der Waals surface area contributed by atoms with Crippen LogP contribution in [-0.4, -0.2) is 16.3 Å². The summed E-state index contributed by atoms with van der Waals surface area (Å²) >= 11 is 0. The molecule has 304 valence electrons. The summed E-state index contributed by atoms with van der Waals surface area (Å²) in [5.74, 6) is 0.730. The lowest BCUT2D eigenvalue weighted by Crippen LogP contribution is -2.43. The quantitative estimate of drug-likeness (QED) is 0.169. The number of aliphatic hydroxyl groups is 2. The first-order valence-electron chi connectivity index (χ1n) is 21.1. The number of nitrogens with zero attached hydrogens (tertiary/aromatic N) is 2. The molecule has 6 aromatic rings. The molecule has 0 atom stereocenters. The molecule has 6 aromatic carbocycles. The molecule has 59 heavy (non-hydrogen) atoms. The summed E-state index contributed by atoms with van der Waals surface area (Å²) in [6.45, 7) is 25.5. The summed E-state index contributed by atoms with van der Waals surface area (Å²) < 4.78 is 6.15. The van der Waals surface area contributed by atoms with Crippen molar-refractivity contribution in [2.75, 3.05) is 9.80 Å². The monoisotopic (exact) mass is 784 g/mol. The molecule has 2 N–H and O–H groups in total. The van der Waals surface area contributed by atoms with Crippen LogP contribution in [0.5, 0.6) is 5.75 Å². The van der Waals surface area contributed by atoms with Gasteiger partial charge < -0.3 is 24.7 Å². The van der Waals surface area contributed by atoms with Gasteiger partial charge in [0.15, 0.2) is 0 Å². The van der Waals surface area contributed by atoms with E-state index >= 15 is 0 Å². The molecule has 0 spiro atoms. The van der Waals surface area contributed by atoms with Crippen molar-refractivity contribution < 1.29 is 14.9 Å². The maximum Gasteiger partial charge on any atom is 0.143 e. The summed E-state index contributed by atoms with van der Waals surface area (Å²) in [7, 11) is 0. The molecule has 3 aliphatic rings. The zero-order valence-electron chi connectivity index (χ0n) is 36.9. The van der Waals surface area contributed by atoms with Gasteiger partial charge in [-0.15, -0.1) is 0 Å². The molecule has 9 rings (SSSR count). The third-order valence-corrected chi connectivity index (χ3v) is 12.9. The van der Waals surface area contributed by atoms with E-state index in [2.05, 4.69) is 106 Å². The number of rotatable bonds is 7. The molecule has 0 fully saturated rings. The van der Waals surface area contributed by atoms with Gasteiger partial charge in [-0.2, -0.15) is 0 Å². The van der Waals surface area contributed by atoms with Gasteiger partial charge in [-0.25, -0.2) is 0 Å². The molecular weight excluding hydrogens is 725 g/mol. The number of para-hydroxylation sites is 7. The minimum atomic E-state index is -1.06. The van der Waals surface area contributed by atoms with Gasteiger partial charge in [0.25, 0.3) is 0 Å². The fraction of sp³-hybridized carbons (Fsp3) is 0.333. The summed E-state index contributed by atoms with van der Waals surface area (Å²) in [5, 5.41) is 21.9. The maximum atomic E-state index is 10.9. The van der Waals surface area contributed by atoms with Gasteiger partial charge in [-0.05, 0) is 99.2 Å². The smallest absolute Gasteiger partial charge is 0.143 e. The Morgan fingerprint density at radius 2 is 0.763 bits per heavy atom. The molecule has 0 aromatic heterocycles. The second kappa shape index (κ2) is 13.9. The van der Waals surface area contributed by atoms with Crippen molar-refractivity contribution >= 4 is 34.1 Å². The SMILES string of the molecule is CC(C)Oc1ccccc1N(c1ccccc1C(C)(C)O)c1ccccc1C(C)(C)O.CC1(C)c2cccc3c2N2c4c1cccc4C(C)(C)c1cccc(c12)C3(C)C. The van der Waals surface area contributed by atoms with Crippen LogP contribution in [0.15, 0.2) is 127 Å². The Hall–Kier alpha value is -5.36. The number of hydrogen-bond donors (Lipinski definition) is 2. The summed E-state index contributed by atoms with van der Waals surface area (Å²) in [5.41, 5.74) is 14.8. The highest BCUT2D eigenvalue weighted by atomic mass is 16.5. The Morgan fingerprint density at radius 1 is 0.458 bits per heavy atom. The van der Waals surface area contributed by atoms with Crippen molar-refractivity contribution in [3.05, 3.63) is 172 Å². The molecule has 0 unspecified atom stereocenters. The fourth-order valence-electron chi connectivity index (χ4n) is 9.91. The van der Waals surface area contributed by atoms with Gasteiger partial charge in [-0.3, -0.25) is 0 Å². The number of anilines is 6. The van der Waals surface area contributed by atoms with Crippen molar-refractivity contribution in [2.24, 2.45) is 0 Å². The molecule has 0 bridgehead atoms. The summed E-state index contributed by atoms with van der Waals surface area (Å²) in [6, 6.07) is 44.3. The number of ether oxygens (including phenoxy) is 1. The highest BCUT2D eigenvalue weighted by Crippen LogP contribution is 2.65. The van der Waals surface area contributed by atoms with E-state index < -0.39 is 11.2 Å². The van der Waals surface area contributed by atoms with Gasteiger partial charge >= 0.3 is 0 Å². The molecule has 0 saturated carbocycles. The lowest BCUT2D eigenvalue weighted by atomic mass is 9.61. The van der Waals surface area contributed by atoms with Crippen LogP contribution in [0.25, 0.3) is 0 Å². The minimum Gasteiger partial charge on any atom is -0.489 e. The second-order valence-electron chi connectivity index (χ2n) is 19.4. The van der Waals surface area contributed by atoms with Crippen molar-refractivity contribution in [2.45, 2.75) is 117 Å². The Kier molecular flexibility index (Phi) is 9.50. The summed E-state index contributed by atoms with van der Waals surface area (Å²) in [4.78, 5) is 4.68. The van der Waals surface area contributed by atoms with Crippen molar-refractivity contribution in [1.29, 1.82) is 0 Å². The van der Waals surface area contributed by atoms with Crippen molar-refractivity contribution in [1.82, 2.24) is 0 Å². The first-order chi connectivity index (χ1) is 27.7. The first-order valence-corrected chi connectivity index (χ1v) is 21.1. The Bertz CT molecular complexity index is 2300. The van der Waals surface area contributed by atoms with Crippen LogP contribution < -0.4 is 14.5 Å². The fourth-order valence-corrected chi connectivity index (χ4v) is 9.91. The third kappa shape index (κ3) is 6.36. The predicted molar refractivity (Wildman–Crippen MR) is 245 cm³/mol. The third-order valence-electron chi connectivity index (χ3n) is 12.9. The van der Waals surface area contributed by atoms with Crippen LogP contribution in [0.4, 0.5) is 34.1 Å². The van der Waals surface area contributed by atoms with Gasteiger partial charge in [0.05, 0.1) is 51.4 Å². The van der Waals surface area contributed by atoms with Crippen LogP contribution in [-0.2, 0) is 27.4 Å². The molecule has 5 nitrogen and oxygen atoms in total. The molecule has 0 radical (unpaired) electrons. The number of benzene rings is 6. The standard InChI is InChI=1S/C27H33NO3.C27H27N/c1-19(2)31-25-18-12-11-17-24(25)28(22-15-9-7-13-20(22)26(3,4)29)23-16-10-8-14-21(23)27(5,6)30;1-25(2)16-10-7-12-18-22(16)28-23-17(25)11-8-13-19(23)27(5,6)21-15-9-14-20(24(21)28)26(18,3)4/h7-19,29-30H,1-6H3;7-15H,1-6H3. The van der Waals surface area contributed by atoms with E-state index in [-0.39, 0.29) is 22.3 Å². The van der Waals surface area contributed by atoms with E-state index in [1.807, 2.05) is 86.6 Å². The molecule has 0 aliphatic carbocycles. The van der Waals surface area contributed by atoms with Crippen molar-refractivity contribution in [3.63, 3.8) is 0 Å². The van der Waals surface area contributed by atoms with E-state index in [4.69, 9.17) is 4.74 Å². The van der Waals surface area contributed by atoms with Gasteiger partial charge in [0.2, 0.25) is 0 Å². The van der Waals surface area contributed by atoms with Gasteiger partial charge in [0, 0.05) is 27.4 Å². The molecule has 3 heterocycles. The Morgan fingerprint density at radius 3 is 1.08 bits per heavy atom. The van der Waals surface area contributed by atoms with Crippen LogP contribution in [0, 0.1) is 0 Å². The zero-order valence-corrected chi connectivity index (χ0v) is 36.9. The highest BCUT2D eigenvalue weighted by Gasteiger charge is 2.51. The topological polar surface area (TPSA) is 56.2 Å². The minimum absolute atomic E-state index is 0.00273. The average Bonchev–Trinajstić information content (AvgIpc) is 3.17. The molecule has 5 heteroatoms. The Balaban J connectivity index is 0.000000164. The Labute approximate surface area is 351 Å². The van der Waals surface area contributed by atoms with E-state index in [0.717, 1.165) is 33.9 Å². The molecular formula is C54H60N2O3. The van der Waals surface area contributed by atoms with Crippen LogP contribution >= 0.6 is 0 Å². The molecule has 3 aliphatic heterocycles. The predicted octanol–water partition coefficient (Wildman–Crippen LogP) is 13.5. The van der Waals surface area contributed by atoms with E-state index in [9.17, 15) is 10.2 Å². The molecule has 0 saturated heterocycles. The van der Waals surface area contributed by atoms with Gasteiger partial charge in [-0.1, -0.05) is 145 Å². The largest absolute Gasteiger partial charge is 0.489 e. The maximum absolute atomic E-state index is 10.9. The van der Waals surface area contributed by atoms with E-state index in [1.54, 1.807) is 27.7 Å². The summed E-state index contributed by atoms with van der Waals surface area (Å²) in [6.07, 6.45) is -0.00273. The lowest BCUT2D eigenvalue weighted by molar-refractivity contribution is 0.0789. The second-order valence-corrected chi connectivity index (χ2v) is 19.4. The normalized spacial score (nSPS) is 16.2. The van der Waals surface area contributed by atoms with Gasteiger partial charge in [0.1, 0.15) is 5.75 Å². The zero-order chi connectivity index (χ0) is 42.4. The van der Waals surface area contributed by atoms with Crippen LogP contribution in [0.1, 0.15) is 128 Å². The number of hydrogen-bond acceptors (Lipinski definition) is 5. The van der Waals surface area contributed by atoms with E-state index in [1.165, 1.54) is 50.4 Å². The lowest BCUT2D eigenvalue weighted by Gasteiger charge is -2.54. The molecule has 0 amide bonds. The van der Waals surface area contributed by atoms with Crippen LogP contribution in [0.2, 0.25) is 0 Å². The average molecular weight is 785 g/mol. The highest BCUT2D eigenvalue weighted by molar-refractivity contribution is 5.98. The first kappa shape index (κ1) is 40.4. The van der Waals surface area contributed by atoms with Crippen molar-refractivity contribution in [3.8, 4) is 5.75 Å². The van der Waals surface area contributed by atoms with Crippen LogP contribution in [0.3, 0.4) is 0 Å².